The molecule has 0 atom stereocenters. The molecule has 1 N–H and O–H groups in total. The van der Waals surface area contributed by atoms with Gasteiger partial charge >= 0.3 is 0 Å². The van der Waals surface area contributed by atoms with E-state index in [2.05, 4.69) is 5.32 Å². The van der Waals surface area contributed by atoms with Crippen molar-refractivity contribution in [2.75, 3.05) is 25.5 Å². The van der Waals surface area contributed by atoms with Crippen LogP contribution in [0.5, 0.6) is 5.75 Å². The summed E-state index contributed by atoms with van der Waals surface area (Å²) >= 11 is 0. The van der Waals surface area contributed by atoms with Gasteiger partial charge in [-0.2, -0.15) is 0 Å². The maximum atomic E-state index is 12.8. The SMILES string of the molecule is COc1ccc2ccccc2c1CNc1ccc([N+](=O)[O-])c(C(=O)N2CCCC2)c1. The average molecular weight is 405 g/mol. The van der Waals surface area contributed by atoms with E-state index in [0.29, 0.717) is 25.3 Å². The van der Waals surface area contributed by atoms with Crippen LogP contribution in [0.25, 0.3) is 10.8 Å². The first-order valence-electron chi connectivity index (χ1n) is 9.94. The number of fused-ring (bicyclic) bond motifs is 1. The van der Waals surface area contributed by atoms with Gasteiger partial charge in [0.25, 0.3) is 11.6 Å². The molecule has 7 nitrogen and oxygen atoms in total. The Bertz CT molecular complexity index is 1110. The number of rotatable bonds is 6. The number of nitrogens with zero attached hydrogens (tertiary/aromatic N) is 2. The van der Waals surface area contributed by atoms with Gasteiger partial charge in [0.1, 0.15) is 11.3 Å². The lowest BCUT2D eigenvalue weighted by molar-refractivity contribution is -0.385. The van der Waals surface area contributed by atoms with Gasteiger partial charge in [0.15, 0.2) is 0 Å². The highest BCUT2D eigenvalue weighted by Crippen LogP contribution is 2.30. The Morgan fingerprint density at radius 1 is 1.13 bits per heavy atom. The van der Waals surface area contributed by atoms with Crippen LogP contribution < -0.4 is 10.1 Å². The van der Waals surface area contributed by atoms with Crippen LogP contribution in [0.2, 0.25) is 0 Å². The van der Waals surface area contributed by atoms with Crippen LogP contribution in [0, 0.1) is 10.1 Å². The smallest absolute Gasteiger partial charge is 0.282 e. The molecule has 1 fully saturated rings. The molecule has 1 amide bonds. The lowest BCUT2D eigenvalue weighted by Gasteiger charge is -2.17. The summed E-state index contributed by atoms with van der Waals surface area (Å²) in [5.74, 6) is 0.474. The van der Waals surface area contributed by atoms with Gasteiger partial charge in [0.2, 0.25) is 0 Å². The minimum absolute atomic E-state index is 0.122. The molecule has 3 aromatic carbocycles. The van der Waals surface area contributed by atoms with Crippen LogP contribution in [0.3, 0.4) is 0 Å². The number of nitro groups is 1. The predicted octanol–water partition coefficient (Wildman–Crippen LogP) is 4.60. The lowest BCUT2D eigenvalue weighted by Crippen LogP contribution is -2.28. The standard InChI is InChI=1S/C23H23N3O4/c1-30-22-11-8-16-6-2-3-7-18(16)20(22)15-24-17-9-10-21(26(28)29)19(14-17)23(27)25-12-4-5-13-25/h2-3,6-11,14,24H,4-5,12-13,15H2,1H3. The quantitative estimate of drug-likeness (QED) is 0.478. The number of nitrogens with one attached hydrogen (secondary N) is 1. The van der Waals surface area contributed by atoms with E-state index >= 15 is 0 Å². The van der Waals surface area contributed by atoms with E-state index in [0.717, 1.165) is 34.9 Å². The number of amides is 1. The fourth-order valence-corrected chi connectivity index (χ4v) is 3.95. The number of nitro benzene ring substituents is 1. The first-order chi connectivity index (χ1) is 14.6. The first kappa shape index (κ1) is 19.7. The zero-order valence-electron chi connectivity index (χ0n) is 16.8. The number of carbonyl (C=O) groups excluding carboxylic acids is 1. The highest BCUT2D eigenvalue weighted by Gasteiger charge is 2.27. The molecule has 0 bridgehead atoms. The van der Waals surface area contributed by atoms with Crippen LogP contribution >= 0.6 is 0 Å². The molecule has 0 aliphatic carbocycles. The van der Waals surface area contributed by atoms with Crippen molar-refractivity contribution in [2.45, 2.75) is 19.4 Å². The van der Waals surface area contributed by atoms with Crippen molar-refractivity contribution >= 4 is 28.1 Å². The van der Waals surface area contributed by atoms with E-state index in [9.17, 15) is 14.9 Å². The molecule has 30 heavy (non-hydrogen) atoms. The molecule has 0 aromatic heterocycles. The molecule has 3 aromatic rings. The van der Waals surface area contributed by atoms with Crippen LogP contribution in [0.4, 0.5) is 11.4 Å². The van der Waals surface area contributed by atoms with Crippen LogP contribution in [0.1, 0.15) is 28.8 Å². The summed E-state index contributed by atoms with van der Waals surface area (Å²) < 4.78 is 5.53. The largest absolute Gasteiger partial charge is 0.496 e. The van der Waals surface area contributed by atoms with E-state index in [4.69, 9.17) is 4.74 Å². The number of carbonyl (C=O) groups is 1. The maximum Gasteiger partial charge on any atom is 0.282 e. The Morgan fingerprint density at radius 2 is 1.90 bits per heavy atom. The van der Waals surface area contributed by atoms with Crippen LogP contribution in [-0.2, 0) is 6.54 Å². The third-order valence-corrected chi connectivity index (χ3v) is 5.50. The number of methoxy groups -OCH3 is 1. The fourth-order valence-electron chi connectivity index (χ4n) is 3.95. The molecule has 7 heteroatoms. The molecule has 1 heterocycles. The van der Waals surface area contributed by atoms with Crippen LogP contribution in [0.15, 0.2) is 54.6 Å². The van der Waals surface area contributed by atoms with Crippen molar-refractivity contribution in [3.8, 4) is 5.75 Å². The Balaban J connectivity index is 1.64. The van der Waals surface area contributed by atoms with Gasteiger partial charge in [-0.15, -0.1) is 0 Å². The van der Waals surface area contributed by atoms with Crippen molar-refractivity contribution in [3.63, 3.8) is 0 Å². The fraction of sp³-hybridized carbons (Fsp3) is 0.261. The van der Waals surface area contributed by atoms with E-state index in [1.54, 1.807) is 24.1 Å². The summed E-state index contributed by atoms with van der Waals surface area (Å²) in [5.41, 5.74) is 1.59. The minimum Gasteiger partial charge on any atom is -0.496 e. The summed E-state index contributed by atoms with van der Waals surface area (Å²) in [6.45, 7) is 1.74. The molecular formula is C23H23N3O4. The van der Waals surface area contributed by atoms with Crippen molar-refractivity contribution in [1.29, 1.82) is 0 Å². The number of hydrogen-bond acceptors (Lipinski definition) is 5. The second-order valence-electron chi connectivity index (χ2n) is 7.31. The Morgan fingerprint density at radius 3 is 2.63 bits per heavy atom. The normalized spacial score (nSPS) is 13.4. The molecule has 1 saturated heterocycles. The van der Waals surface area contributed by atoms with Gasteiger partial charge in [-0.3, -0.25) is 14.9 Å². The molecule has 1 aliphatic heterocycles. The number of likely N-dealkylation sites (tertiary alicyclic amines) is 1. The lowest BCUT2D eigenvalue weighted by atomic mass is 10.0. The molecule has 0 radical (unpaired) electrons. The molecule has 154 valence electrons. The van der Waals surface area contributed by atoms with Crippen LogP contribution in [-0.4, -0.2) is 35.9 Å². The molecular weight excluding hydrogens is 382 g/mol. The second-order valence-corrected chi connectivity index (χ2v) is 7.31. The van der Waals surface area contributed by atoms with Gasteiger partial charge < -0.3 is 15.0 Å². The summed E-state index contributed by atoms with van der Waals surface area (Å²) in [7, 11) is 1.63. The van der Waals surface area contributed by atoms with E-state index < -0.39 is 4.92 Å². The third-order valence-electron chi connectivity index (χ3n) is 5.50. The van der Waals surface area contributed by atoms with Gasteiger partial charge in [-0.05, 0) is 41.8 Å². The van der Waals surface area contributed by atoms with E-state index in [1.165, 1.54) is 6.07 Å². The summed E-state index contributed by atoms with van der Waals surface area (Å²) in [6.07, 6.45) is 1.86. The molecule has 0 saturated carbocycles. The van der Waals surface area contributed by atoms with Crippen molar-refractivity contribution in [2.24, 2.45) is 0 Å². The summed E-state index contributed by atoms with van der Waals surface area (Å²) in [5, 5.41) is 16.9. The summed E-state index contributed by atoms with van der Waals surface area (Å²) in [4.78, 5) is 25.5. The van der Waals surface area contributed by atoms with Gasteiger partial charge in [0, 0.05) is 37.0 Å². The highest BCUT2D eigenvalue weighted by atomic mass is 16.6. The number of hydrogen-bond donors (Lipinski definition) is 1. The minimum atomic E-state index is -0.499. The van der Waals surface area contributed by atoms with Crippen molar-refractivity contribution < 1.29 is 14.5 Å². The number of ether oxygens (including phenoxy) is 1. The second kappa shape index (κ2) is 8.41. The van der Waals surface area contributed by atoms with E-state index in [-0.39, 0.29) is 17.2 Å². The zero-order valence-corrected chi connectivity index (χ0v) is 16.8. The topological polar surface area (TPSA) is 84.7 Å². The number of anilines is 1. The summed E-state index contributed by atoms with van der Waals surface area (Å²) in [6, 6.07) is 16.6. The van der Waals surface area contributed by atoms with Crippen molar-refractivity contribution in [3.05, 3.63) is 75.8 Å². The highest BCUT2D eigenvalue weighted by molar-refractivity contribution is 5.99. The van der Waals surface area contributed by atoms with Gasteiger partial charge in [-0.1, -0.05) is 30.3 Å². The molecule has 0 spiro atoms. The first-order valence-corrected chi connectivity index (χ1v) is 9.94. The molecule has 1 aliphatic rings. The molecule has 4 rings (SSSR count). The predicted molar refractivity (Wildman–Crippen MR) is 116 cm³/mol. The third kappa shape index (κ3) is 3.78. The van der Waals surface area contributed by atoms with Gasteiger partial charge in [-0.25, -0.2) is 0 Å². The van der Waals surface area contributed by atoms with E-state index in [1.807, 2.05) is 36.4 Å². The average Bonchev–Trinajstić information content (AvgIpc) is 3.31. The van der Waals surface area contributed by atoms with Crippen molar-refractivity contribution in [1.82, 2.24) is 4.90 Å². The Hall–Kier alpha value is -3.61. The Labute approximate surface area is 174 Å². The maximum absolute atomic E-state index is 12.8. The molecule has 0 unspecified atom stereocenters. The zero-order chi connectivity index (χ0) is 21.1. The monoisotopic (exact) mass is 405 g/mol. The van der Waals surface area contributed by atoms with Gasteiger partial charge in [0.05, 0.1) is 12.0 Å². The Kier molecular flexibility index (Phi) is 5.52. The number of benzene rings is 3.